The highest BCUT2D eigenvalue weighted by Crippen LogP contribution is 2.37. The molecule has 7 heteroatoms. The van der Waals surface area contributed by atoms with Crippen LogP contribution in [0.2, 0.25) is 5.04 Å². The standard InChI is InChI=1S/C26H27Cl3O3Si/c1-25(2,3)33(22-13-6-4-7-14-22,23-15-8-5-9-16-23)32-21-12-10-11-20(17-21)18-24(30)31-19-26(27,28)29/h4-17H,18-19H2,1-3H3. The summed E-state index contributed by atoms with van der Waals surface area (Å²) >= 11 is 17.0. The molecule has 0 aliphatic carbocycles. The van der Waals surface area contributed by atoms with Crippen molar-refractivity contribution in [3.8, 4) is 5.75 Å². The average Bonchev–Trinajstić information content (AvgIpc) is 2.76. The molecule has 0 N–H and O–H groups in total. The molecule has 0 radical (unpaired) electrons. The van der Waals surface area contributed by atoms with Gasteiger partial charge in [0.1, 0.15) is 12.4 Å². The largest absolute Gasteiger partial charge is 0.534 e. The Morgan fingerprint density at radius 1 is 0.818 bits per heavy atom. The Morgan fingerprint density at radius 2 is 1.36 bits per heavy atom. The molecule has 0 atom stereocenters. The van der Waals surface area contributed by atoms with Gasteiger partial charge >= 0.3 is 14.3 Å². The third kappa shape index (κ3) is 6.54. The minimum Gasteiger partial charge on any atom is -0.534 e. The van der Waals surface area contributed by atoms with E-state index >= 15 is 0 Å². The summed E-state index contributed by atoms with van der Waals surface area (Å²) < 4.78 is 10.4. The Bertz CT molecular complexity index is 1020. The fourth-order valence-electron chi connectivity index (χ4n) is 3.93. The van der Waals surface area contributed by atoms with E-state index in [1.165, 1.54) is 10.4 Å². The van der Waals surface area contributed by atoms with Gasteiger partial charge in [-0.05, 0) is 33.1 Å². The molecule has 3 aromatic carbocycles. The van der Waals surface area contributed by atoms with Gasteiger partial charge in [-0.2, -0.15) is 0 Å². The number of hydrogen-bond donors (Lipinski definition) is 0. The maximum Gasteiger partial charge on any atom is 0.319 e. The summed E-state index contributed by atoms with van der Waals surface area (Å²) in [6, 6.07) is 28.3. The SMILES string of the molecule is CC(C)(C)[Si](Oc1cccc(CC(=O)OCC(Cl)(Cl)Cl)c1)(c1ccccc1)c1ccccc1. The Morgan fingerprint density at radius 3 is 1.85 bits per heavy atom. The number of benzene rings is 3. The molecule has 0 unspecified atom stereocenters. The van der Waals surface area contributed by atoms with Gasteiger partial charge in [-0.15, -0.1) is 0 Å². The van der Waals surface area contributed by atoms with Crippen LogP contribution in [0.4, 0.5) is 0 Å². The number of esters is 1. The lowest BCUT2D eigenvalue weighted by Gasteiger charge is -2.43. The number of halogens is 3. The summed E-state index contributed by atoms with van der Waals surface area (Å²) in [5.74, 6) is 0.236. The first-order valence-corrected chi connectivity index (χ1v) is 13.7. The molecule has 0 saturated carbocycles. The quantitative estimate of drug-likeness (QED) is 0.215. The highest BCUT2D eigenvalue weighted by atomic mass is 35.6. The van der Waals surface area contributed by atoms with Crippen molar-refractivity contribution in [2.45, 2.75) is 36.0 Å². The van der Waals surface area contributed by atoms with Gasteiger partial charge in [0.05, 0.1) is 6.42 Å². The first kappa shape index (κ1) is 25.6. The molecule has 0 fully saturated rings. The number of carbonyl (C=O) groups is 1. The lowest BCUT2D eigenvalue weighted by molar-refractivity contribution is -0.142. The minimum atomic E-state index is -2.76. The number of hydrogen-bond acceptors (Lipinski definition) is 3. The van der Waals surface area contributed by atoms with Crippen molar-refractivity contribution in [1.29, 1.82) is 0 Å². The van der Waals surface area contributed by atoms with E-state index < -0.39 is 18.1 Å². The van der Waals surface area contributed by atoms with Gasteiger partial charge in [0.2, 0.25) is 3.79 Å². The zero-order chi connectivity index (χ0) is 24.1. The van der Waals surface area contributed by atoms with Crippen molar-refractivity contribution >= 4 is 59.5 Å². The normalized spacial score (nSPS) is 12.3. The second kappa shape index (κ2) is 10.5. The molecule has 3 aromatic rings. The van der Waals surface area contributed by atoms with Crippen LogP contribution >= 0.6 is 34.8 Å². The maximum atomic E-state index is 12.2. The van der Waals surface area contributed by atoms with Crippen LogP contribution in [0.1, 0.15) is 26.3 Å². The molecular weight excluding hydrogens is 495 g/mol. The molecule has 0 bridgehead atoms. The Labute approximate surface area is 211 Å². The molecule has 33 heavy (non-hydrogen) atoms. The van der Waals surface area contributed by atoms with E-state index in [0.717, 1.165) is 5.56 Å². The summed E-state index contributed by atoms with van der Waals surface area (Å²) in [5.41, 5.74) is 0.764. The zero-order valence-electron chi connectivity index (χ0n) is 18.9. The van der Waals surface area contributed by atoms with Crippen molar-refractivity contribution in [2.24, 2.45) is 0 Å². The van der Waals surface area contributed by atoms with Crippen LogP contribution in [-0.4, -0.2) is 24.7 Å². The topological polar surface area (TPSA) is 35.5 Å². The lowest BCUT2D eigenvalue weighted by Crippen LogP contribution is -2.68. The second-order valence-corrected chi connectivity index (χ2v) is 15.6. The van der Waals surface area contributed by atoms with E-state index in [1.54, 1.807) is 0 Å². The number of ether oxygens (including phenoxy) is 1. The monoisotopic (exact) mass is 520 g/mol. The van der Waals surface area contributed by atoms with Gasteiger partial charge < -0.3 is 9.16 Å². The average molecular weight is 522 g/mol. The van der Waals surface area contributed by atoms with Crippen LogP contribution in [0.5, 0.6) is 5.75 Å². The second-order valence-electron chi connectivity index (χ2n) is 8.87. The fourth-order valence-corrected chi connectivity index (χ4v) is 8.50. The first-order chi connectivity index (χ1) is 15.5. The van der Waals surface area contributed by atoms with E-state index in [-0.39, 0.29) is 18.1 Å². The summed E-state index contributed by atoms with van der Waals surface area (Å²) in [7, 11) is -2.76. The number of rotatable bonds is 7. The third-order valence-corrected chi connectivity index (χ3v) is 10.6. The Balaban J connectivity index is 1.98. The molecule has 0 amide bonds. The molecule has 3 rings (SSSR count). The maximum absolute atomic E-state index is 12.2. The molecule has 0 saturated heterocycles. The molecule has 0 aliphatic rings. The highest BCUT2D eigenvalue weighted by Gasteiger charge is 2.52. The summed E-state index contributed by atoms with van der Waals surface area (Å²) in [4.78, 5) is 12.2. The molecule has 0 heterocycles. The van der Waals surface area contributed by atoms with Gasteiger partial charge in [-0.25, -0.2) is 0 Å². The van der Waals surface area contributed by atoms with Crippen LogP contribution in [0.25, 0.3) is 0 Å². The fraction of sp³-hybridized carbons (Fsp3) is 0.269. The summed E-state index contributed by atoms with van der Waals surface area (Å²) in [6.45, 7) is 6.36. The van der Waals surface area contributed by atoms with E-state index in [9.17, 15) is 4.79 Å². The van der Waals surface area contributed by atoms with Crippen molar-refractivity contribution in [1.82, 2.24) is 0 Å². The van der Waals surface area contributed by atoms with E-state index in [1.807, 2.05) is 60.7 Å². The Kier molecular flexibility index (Phi) is 8.17. The van der Waals surface area contributed by atoms with Crippen molar-refractivity contribution in [3.63, 3.8) is 0 Å². The molecular formula is C26H27Cl3O3Si. The molecule has 0 aromatic heterocycles. The van der Waals surface area contributed by atoms with Crippen LogP contribution in [0.15, 0.2) is 84.9 Å². The zero-order valence-corrected chi connectivity index (χ0v) is 22.1. The summed E-state index contributed by atoms with van der Waals surface area (Å²) in [5, 5.41) is 2.18. The van der Waals surface area contributed by atoms with Crippen molar-refractivity contribution < 1.29 is 14.0 Å². The van der Waals surface area contributed by atoms with Crippen LogP contribution in [0, 0.1) is 0 Å². The van der Waals surface area contributed by atoms with E-state index in [0.29, 0.717) is 5.75 Å². The van der Waals surface area contributed by atoms with Crippen LogP contribution in [-0.2, 0) is 16.0 Å². The van der Waals surface area contributed by atoms with Crippen LogP contribution < -0.4 is 14.8 Å². The highest BCUT2D eigenvalue weighted by molar-refractivity contribution is 7.00. The predicted molar refractivity (Wildman–Crippen MR) is 140 cm³/mol. The molecule has 0 aliphatic heterocycles. The molecule has 174 valence electrons. The predicted octanol–water partition coefficient (Wildman–Crippen LogP) is 6.08. The first-order valence-electron chi connectivity index (χ1n) is 10.6. The van der Waals surface area contributed by atoms with Crippen molar-refractivity contribution in [3.05, 3.63) is 90.5 Å². The number of carbonyl (C=O) groups excluding carboxylic acids is 1. The lowest BCUT2D eigenvalue weighted by atomic mass is 10.1. The van der Waals surface area contributed by atoms with Gasteiger partial charge in [0.15, 0.2) is 0 Å². The summed E-state index contributed by atoms with van der Waals surface area (Å²) in [6.07, 6.45) is 0.0543. The van der Waals surface area contributed by atoms with Gasteiger partial charge in [-0.3, -0.25) is 4.79 Å². The minimum absolute atomic E-state index is 0.0543. The Hall–Kier alpha value is -1.98. The van der Waals surface area contributed by atoms with Crippen LogP contribution in [0.3, 0.4) is 0 Å². The molecule has 3 nitrogen and oxygen atoms in total. The molecule has 0 spiro atoms. The van der Waals surface area contributed by atoms with Gasteiger partial charge in [0, 0.05) is 0 Å². The van der Waals surface area contributed by atoms with Crippen molar-refractivity contribution in [2.75, 3.05) is 6.61 Å². The van der Waals surface area contributed by atoms with E-state index in [2.05, 4.69) is 45.0 Å². The van der Waals surface area contributed by atoms with E-state index in [4.69, 9.17) is 44.0 Å². The smallest absolute Gasteiger partial charge is 0.319 e. The third-order valence-electron chi connectivity index (χ3n) is 5.33. The van der Waals surface area contributed by atoms with Gasteiger partial charge in [-0.1, -0.05) is 128 Å². The van der Waals surface area contributed by atoms with Gasteiger partial charge in [0.25, 0.3) is 0 Å². The number of alkyl halides is 3.